The van der Waals surface area contributed by atoms with E-state index in [0.717, 1.165) is 11.3 Å². The number of thiophene rings is 1. The predicted molar refractivity (Wildman–Crippen MR) is 83.1 cm³/mol. The lowest BCUT2D eigenvalue weighted by Gasteiger charge is -2.39. The monoisotopic (exact) mass is 291 g/mol. The molecule has 1 saturated carbocycles. The summed E-state index contributed by atoms with van der Waals surface area (Å²) in [7, 11) is 0. The van der Waals surface area contributed by atoms with E-state index in [9.17, 15) is 4.79 Å². The van der Waals surface area contributed by atoms with E-state index in [1.165, 1.54) is 37.0 Å². The number of nitrogens with zero attached hydrogens (tertiary/aromatic N) is 1. The number of aromatic nitrogens is 2. The van der Waals surface area contributed by atoms with Crippen LogP contribution < -0.4 is 10.9 Å². The average molecular weight is 291 g/mol. The Balaban J connectivity index is 1.75. The van der Waals surface area contributed by atoms with E-state index in [1.807, 2.05) is 11.4 Å². The predicted octanol–water partition coefficient (Wildman–Crippen LogP) is 3.04. The van der Waals surface area contributed by atoms with Gasteiger partial charge in [-0.1, -0.05) is 26.7 Å². The molecule has 0 bridgehead atoms. The number of hydrogen-bond acceptors (Lipinski definition) is 4. The Kier molecular flexibility index (Phi) is 3.65. The molecule has 0 aliphatic heterocycles. The van der Waals surface area contributed by atoms with Crippen molar-refractivity contribution in [3.63, 3.8) is 0 Å². The van der Waals surface area contributed by atoms with Gasteiger partial charge in [-0.15, -0.1) is 11.3 Å². The fourth-order valence-corrected chi connectivity index (χ4v) is 3.82. The molecule has 1 aliphatic carbocycles. The maximum Gasteiger partial charge on any atom is 0.268 e. The van der Waals surface area contributed by atoms with Crippen LogP contribution in [-0.2, 0) is 6.54 Å². The highest BCUT2D eigenvalue weighted by Crippen LogP contribution is 2.35. The van der Waals surface area contributed by atoms with Crippen LogP contribution in [0.3, 0.4) is 0 Å². The average Bonchev–Trinajstić information content (AvgIpc) is 2.86. The van der Waals surface area contributed by atoms with Crippen molar-refractivity contribution in [3.05, 3.63) is 27.6 Å². The molecule has 5 heteroatoms. The second-order valence-corrected chi connectivity index (χ2v) is 7.23. The molecule has 20 heavy (non-hydrogen) atoms. The van der Waals surface area contributed by atoms with E-state index in [2.05, 4.69) is 29.1 Å². The Bertz CT molecular complexity index is 658. The summed E-state index contributed by atoms with van der Waals surface area (Å²) in [5.41, 5.74) is 1.11. The molecular weight excluding hydrogens is 270 g/mol. The minimum Gasteiger partial charge on any atom is -0.308 e. The third-order valence-corrected chi connectivity index (χ3v) is 5.29. The van der Waals surface area contributed by atoms with Crippen molar-refractivity contribution in [3.8, 4) is 0 Å². The molecule has 0 spiro atoms. The van der Waals surface area contributed by atoms with Crippen molar-refractivity contribution in [1.29, 1.82) is 0 Å². The van der Waals surface area contributed by atoms with E-state index >= 15 is 0 Å². The first-order chi connectivity index (χ1) is 9.56. The highest BCUT2D eigenvalue weighted by atomic mass is 32.1. The second kappa shape index (κ2) is 5.30. The molecular formula is C15H21N3OS. The van der Waals surface area contributed by atoms with E-state index < -0.39 is 0 Å². The van der Waals surface area contributed by atoms with Crippen molar-refractivity contribution < 1.29 is 0 Å². The molecule has 0 amide bonds. The summed E-state index contributed by atoms with van der Waals surface area (Å²) >= 11 is 1.44. The number of nitrogens with one attached hydrogen (secondary N) is 2. The van der Waals surface area contributed by atoms with Gasteiger partial charge in [-0.05, 0) is 29.7 Å². The van der Waals surface area contributed by atoms with E-state index in [-0.39, 0.29) is 5.56 Å². The standard InChI is InChI=1S/C15H21N3OS/c1-15(2)7-4-3-5-11(15)16-9-12-17-10-6-8-20-13(10)14(19)18-12/h6,8,11,16H,3-5,7,9H2,1-2H3,(H,17,18,19). The molecule has 0 radical (unpaired) electrons. The summed E-state index contributed by atoms with van der Waals surface area (Å²) < 4.78 is 0.715. The number of aromatic amines is 1. The van der Waals surface area contributed by atoms with Gasteiger partial charge in [0.15, 0.2) is 0 Å². The van der Waals surface area contributed by atoms with Crippen LogP contribution in [0.5, 0.6) is 0 Å². The molecule has 0 aromatic carbocycles. The van der Waals surface area contributed by atoms with Gasteiger partial charge in [-0.2, -0.15) is 0 Å². The van der Waals surface area contributed by atoms with Crippen molar-refractivity contribution in [1.82, 2.24) is 15.3 Å². The molecule has 3 rings (SSSR count). The lowest BCUT2D eigenvalue weighted by Crippen LogP contribution is -2.44. The zero-order valence-corrected chi connectivity index (χ0v) is 12.8. The van der Waals surface area contributed by atoms with E-state index in [1.54, 1.807) is 0 Å². The van der Waals surface area contributed by atoms with Crippen LogP contribution in [0.1, 0.15) is 45.4 Å². The minimum atomic E-state index is -0.0234. The first-order valence-electron chi connectivity index (χ1n) is 7.26. The van der Waals surface area contributed by atoms with Gasteiger partial charge in [0.05, 0.1) is 12.1 Å². The van der Waals surface area contributed by atoms with Crippen LogP contribution in [0.15, 0.2) is 16.2 Å². The third kappa shape index (κ3) is 2.65. The maximum absolute atomic E-state index is 11.9. The maximum atomic E-state index is 11.9. The van der Waals surface area contributed by atoms with Crippen LogP contribution in [-0.4, -0.2) is 16.0 Å². The SMILES string of the molecule is CC1(C)CCCCC1NCc1nc2ccsc2c(=O)[nH]1. The van der Waals surface area contributed by atoms with Gasteiger partial charge in [0.1, 0.15) is 10.5 Å². The number of hydrogen-bond donors (Lipinski definition) is 2. The first kappa shape index (κ1) is 13.8. The van der Waals surface area contributed by atoms with E-state index in [4.69, 9.17) is 0 Å². The quantitative estimate of drug-likeness (QED) is 0.914. The molecule has 1 fully saturated rings. The molecule has 108 valence electrons. The molecule has 0 saturated heterocycles. The third-order valence-electron chi connectivity index (χ3n) is 4.39. The van der Waals surface area contributed by atoms with Gasteiger partial charge in [-0.3, -0.25) is 4.79 Å². The number of rotatable bonds is 3. The molecule has 1 aliphatic rings. The molecule has 1 atom stereocenters. The van der Waals surface area contributed by atoms with Gasteiger partial charge in [0, 0.05) is 6.04 Å². The van der Waals surface area contributed by atoms with Gasteiger partial charge < -0.3 is 10.3 Å². The van der Waals surface area contributed by atoms with Crippen molar-refractivity contribution >= 4 is 21.6 Å². The summed E-state index contributed by atoms with van der Waals surface area (Å²) in [4.78, 5) is 19.3. The minimum absolute atomic E-state index is 0.0234. The summed E-state index contributed by atoms with van der Waals surface area (Å²) in [5, 5.41) is 5.49. The normalized spacial score (nSPS) is 22.2. The van der Waals surface area contributed by atoms with Gasteiger partial charge in [0.2, 0.25) is 0 Å². The Hall–Kier alpha value is -1.20. The topological polar surface area (TPSA) is 57.8 Å². The Morgan fingerprint density at radius 1 is 1.50 bits per heavy atom. The first-order valence-corrected chi connectivity index (χ1v) is 8.14. The van der Waals surface area contributed by atoms with Gasteiger partial charge >= 0.3 is 0 Å². The number of fused-ring (bicyclic) bond motifs is 1. The summed E-state index contributed by atoms with van der Waals surface area (Å²) in [5.74, 6) is 0.738. The van der Waals surface area contributed by atoms with Crippen molar-refractivity contribution in [2.45, 2.75) is 52.1 Å². The Morgan fingerprint density at radius 3 is 3.15 bits per heavy atom. The van der Waals surface area contributed by atoms with Gasteiger partial charge in [0.25, 0.3) is 5.56 Å². The molecule has 2 heterocycles. The fraction of sp³-hybridized carbons (Fsp3) is 0.600. The molecule has 1 unspecified atom stereocenters. The second-order valence-electron chi connectivity index (χ2n) is 6.32. The van der Waals surface area contributed by atoms with Crippen molar-refractivity contribution in [2.75, 3.05) is 0 Å². The van der Waals surface area contributed by atoms with Gasteiger partial charge in [-0.25, -0.2) is 4.98 Å². The zero-order valence-electron chi connectivity index (χ0n) is 12.0. The summed E-state index contributed by atoms with van der Waals surface area (Å²) in [6, 6.07) is 2.41. The summed E-state index contributed by atoms with van der Waals surface area (Å²) in [6.07, 6.45) is 5.08. The van der Waals surface area contributed by atoms with Crippen molar-refractivity contribution in [2.24, 2.45) is 5.41 Å². The molecule has 2 aromatic heterocycles. The van der Waals surface area contributed by atoms with E-state index in [0.29, 0.717) is 22.7 Å². The van der Waals surface area contributed by atoms with Crippen LogP contribution in [0.4, 0.5) is 0 Å². The summed E-state index contributed by atoms with van der Waals surface area (Å²) in [6.45, 7) is 5.28. The molecule has 2 aromatic rings. The smallest absolute Gasteiger partial charge is 0.268 e. The van der Waals surface area contributed by atoms with Crippen LogP contribution >= 0.6 is 11.3 Å². The zero-order chi connectivity index (χ0) is 14.2. The Morgan fingerprint density at radius 2 is 2.35 bits per heavy atom. The fourth-order valence-electron chi connectivity index (χ4n) is 3.10. The van der Waals surface area contributed by atoms with Crippen LogP contribution in [0.25, 0.3) is 10.2 Å². The molecule has 2 N–H and O–H groups in total. The largest absolute Gasteiger partial charge is 0.308 e. The lowest BCUT2D eigenvalue weighted by atomic mass is 9.73. The highest BCUT2D eigenvalue weighted by molar-refractivity contribution is 7.17. The molecule has 4 nitrogen and oxygen atoms in total. The van der Waals surface area contributed by atoms with Crippen LogP contribution in [0.2, 0.25) is 0 Å². The highest BCUT2D eigenvalue weighted by Gasteiger charge is 2.31. The Labute approximate surface area is 122 Å². The number of H-pyrrole nitrogens is 1. The van der Waals surface area contributed by atoms with Crippen LogP contribution in [0, 0.1) is 5.41 Å². The lowest BCUT2D eigenvalue weighted by molar-refractivity contribution is 0.166.